The molecular weight excluding hydrogens is 457 g/mol. The summed E-state index contributed by atoms with van der Waals surface area (Å²) in [5, 5.41) is 13.9. The van der Waals surface area contributed by atoms with Gasteiger partial charge in [-0.15, -0.1) is 0 Å². The Labute approximate surface area is 209 Å². The molecule has 0 aromatic heterocycles. The van der Waals surface area contributed by atoms with Gasteiger partial charge >= 0.3 is 0 Å². The lowest BCUT2D eigenvalue weighted by Crippen LogP contribution is -2.55. The van der Waals surface area contributed by atoms with E-state index in [-0.39, 0.29) is 35.6 Å². The number of benzene rings is 2. The van der Waals surface area contributed by atoms with E-state index in [1.54, 1.807) is 60.5 Å². The first-order valence-electron chi connectivity index (χ1n) is 11.8. The zero-order chi connectivity index (χ0) is 26.0. The van der Waals surface area contributed by atoms with E-state index in [0.29, 0.717) is 34.5 Å². The van der Waals surface area contributed by atoms with Crippen LogP contribution >= 0.6 is 0 Å². The highest BCUT2D eigenvalue weighted by Crippen LogP contribution is 2.58. The molecule has 0 unspecified atom stereocenters. The first-order chi connectivity index (χ1) is 17.0. The fraction of sp³-hybridized carbons (Fsp3) is 0.321. The number of allylic oxidation sites excluding steroid dienone is 1. The monoisotopic (exact) mass is 485 g/mol. The van der Waals surface area contributed by atoms with Gasteiger partial charge in [0.15, 0.2) is 5.78 Å². The second-order valence-electron chi connectivity index (χ2n) is 10.6. The summed E-state index contributed by atoms with van der Waals surface area (Å²) < 4.78 is 14.0. The van der Waals surface area contributed by atoms with Crippen LogP contribution in [0.25, 0.3) is 0 Å². The zero-order valence-corrected chi connectivity index (χ0v) is 20.8. The largest absolute Gasteiger partial charge is 0.383 e. The predicted molar refractivity (Wildman–Crippen MR) is 133 cm³/mol. The summed E-state index contributed by atoms with van der Waals surface area (Å²) in [6.45, 7) is 4.11. The molecule has 0 radical (unpaired) electrons. The zero-order valence-electron chi connectivity index (χ0n) is 20.8. The summed E-state index contributed by atoms with van der Waals surface area (Å²) in [4.78, 5) is 30.0. The molecule has 2 heterocycles. The number of carbonyl (C=O) groups is 2. The van der Waals surface area contributed by atoms with E-state index in [0.717, 1.165) is 0 Å². The van der Waals surface area contributed by atoms with Gasteiger partial charge in [0.1, 0.15) is 23.1 Å². The quantitative estimate of drug-likeness (QED) is 0.712. The van der Waals surface area contributed by atoms with Crippen molar-refractivity contribution in [3.8, 4) is 6.07 Å². The van der Waals surface area contributed by atoms with Crippen LogP contribution in [0.4, 0.5) is 10.1 Å². The van der Waals surface area contributed by atoms with Crippen LogP contribution in [0.15, 0.2) is 71.2 Å². The third kappa shape index (κ3) is 3.20. The van der Waals surface area contributed by atoms with Gasteiger partial charge in [-0.25, -0.2) is 9.40 Å². The molecule has 1 amide bonds. The number of amides is 1. The number of anilines is 1. The van der Waals surface area contributed by atoms with Crippen LogP contribution in [-0.4, -0.2) is 35.8 Å². The minimum atomic E-state index is -1.65. The summed E-state index contributed by atoms with van der Waals surface area (Å²) in [6.07, 6.45) is 0.750. The number of hydrogen-bond acceptors (Lipinski definition) is 6. The number of nitrogens with zero attached hydrogens (tertiary/aromatic N) is 4. The van der Waals surface area contributed by atoms with Crippen LogP contribution in [0.1, 0.15) is 37.8 Å². The van der Waals surface area contributed by atoms with Gasteiger partial charge in [0, 0.05) is 43.0 Å². The van der Waals surface area contributed by atoms with Crippen molar-refractivity contribution >= 4 is 17.4 Å². The Balaban J connectivity index is 1.82. The average molecular weight is 486 g/mol. The van der Waals surface area contributed by atoms with Crippen LogP contribution in [0.2, 0.25) is 0 Å². The molecule has 8 heteroatoms. The van der Waals surface area contributed by atoms with Gasteiger partial charge < -0.3 is 10.6 Å². The summed E-state index contributed by atoms with van der Waals surface area (Å²) in [5.74, 6) is -0.879. The molecule has 7 nitrogen and oxygen atoms in total. The number of carbonyl (C=O) groups excluding carboxylic acids is 2. The summed E-state index contributed by atoms with van der Waals surface area (Å²) in [6, 6.07) is 15.4. The maximum atomic E-state index is 14.6. The molecule has 1 atom stereocenters. The van der Waals surface area contributed by atoms with Crippen molar-refractivity contribution in [1.82, 2.24) is 10.0 Å². The number of hydrazine groups is 1. The second-order valence-corrected chi connectivity index (χ2v) is 10.6. The number of hydrogen-bond donors (Lipinski definition) is 1. The van der Waals surface area contributed by atoms with Crippen molar-refractivity contribution < 1.29 is 14.0 Å². The maximum Gasteiger partial charge on any atom is 0.248 e. The lowest BCUT2D eigenvalue weighted by molar-refractivity contribution is -0.126. The molecule has 2 aromatic carbocycles. The molecule has 2 N–H and O–H groups in total. The fourth-order valence-electron chi connectivity index (χ4n) is 5.97. The minimum absolute atomic E-state index is 0.0298. The van der Waals surface area contributed by atoms with Gasteiger partial charge in [0.2, 0.25) is 5.91 Å². The highest BCUT2D eigenvalue weighted by atomic mass is 19.1. The Morgan fingerprint density at radius 1 is 1.11 bits per heavy atom. The molecule has 0 bridgehead atoms. The smallest absolute Gasteiger partial charge is 0.248 e. The number of Topliss-reactive ketones (excluding diaryl/α,β-unsaturated/α-hetero) is 1. The van der Waals surface area contributed by atoms with E-state index in [4.69, 9.17) is 5.73 Å². The van der Waals surface area contributed by atoms with Crippen LogP contribution < -0.4 is 10.6 Å². The predicted octanol–water partition coefficient (Wildman–Crippen LogP) is 3.74. The number of halogens is 1. The van der Waals surface area contributed by atoms with Crippen molar-refractivity contribution in [3.05, 3.63) is 88.1 Å². The van der Waals surface area contributed by atoms with Gasteiger partial charge in [0.25, 0.3) is 0 Å². The lowest BCUT2D eigenvalue weighted by atomic mass is 9.61. The molecule has 0 fully saturated rings. The minimum Gasteiger partial charge on any atom is -0.383 e. The highest BCUT2D eigenvalue weighted by Gasteiger charge is 2.63. The van der Waals surface area contributed by atoms with Gasteiger partial charge in [0.05, 0.1) is 12.1 Å². The van der Waals surface area contributed by atoms with E-state index in [1.807, 2.05) is 13.8 Å². The SMILES string of the molecule is CN(C)N1C(N)=C(C#N)[C@@]2(C(=O)N(Cc3cccc(F)c3)c3ccccc32)C2=C1CC(C)(C)CC2=O. The van der Waals surface area contributed by atoms with Gasteiger partial charge in [-0.2, -0.15) is 5.26 Å². The van der Waals surface area contributed by atoms with Gasteiger partial charge in [-0.1, -0.05) is 44.2 Å². The number of fused-ring (bicyclic) bond motifs is 3. The second kappa shape index (κ2) is 8.04. The van der Waals surface area contributed by atoms with E-state index in [9.17, 15) is 19.2 Å². The molecule has 1 aliphatic carbocycles. The standard InChI is InChI=1S/C28H28FN5O2/c1-27(2)13-22-24(23(35)14-27)28(20(15-30)25(31)34(22)32(3)4)19-10-5-6-11-21(19)33(26(28)36)16-17-8-7-9-18(29)12-17/h5-12H,13-14,16,31H2,1-4H3/t28-/m1/s1. The molecule has 0 saturated heterocycles. The Morgan fingerprint density at radius 2 is 1.83 bits per heavy atom. The third-order valence-corrected chi connectivity index (χ3v) is 7.25. The molecular formula is C28H28FN5O2. The number of nitriles is 1. The summed E-state index contributed by atoms with van der Waals surface area (Å²) in [5.41, 5.74) is 7.33. The van der Waals surface area contributed by atoms with Gasteiger partial charge in [-0.3, -0.25) is 14.6 Å². The Hall–Kier alpha value is -3.96. The first-order valence-corrected chi connectivity index (χ1v) is 11.8. The Bertz CT molecular complexity index is 1420. The van der Waals surface area contributed by atoms with E-state index in [2.05, 4.69) is 6.07 Å². The van der Waals surface area contributed by atoms with Crippen molar-refractivity contribution in [2.45, 2.75) is 38.6 Å². The van der Waals surface area contributed by atoms with Crippen molar-refractivity contribution in [3.63, 3.8) is 0 Å². The molecule has 2 aliphatic heterocycles. The topological polar surface area (TPSA) is 93.7 Å². The van der Waals surface area contributed by atoms with Crippen LogP contribution in [0.3, 0.4) is 0 Å². The number of ketones is 1. The molecule has 1 spiro atoms. The number of rotatable bonds is 3. The van der Waals surface area contributed by atoms with Crippen LogP contribution in [0.5, 0.6) is 0 Å². The third-order valence-electron chi connectivity index (χ3n) is 7.25. The molecule has 36 heavy (non-hydrogen) atoms. The summed E-state index contributed by atoms with van der Waals surface area (Å²) >= 11 is 0. The number of para-hydroxylation sites is 1. The first kappa shape index (κ1) is 23.8. The van der Waals surface area contributed by atoms with Crippen LogP contribution in [-0.2, 0) is 21.5 Å². The molecule has 5 rings (SSSR count). The summed E-state index contributed by atoms with van der Waals surface area (Å²) in [7, 11) is 3.58. The van der Waals surface area contributed by atoms with Gasteiger partial charge in [-0.05, 0) is 35.6 Å². The lowest BCUT2D eigenvalue weighted by Gasteiger charge is -2.48. The fourth-order valence-corrected chi connectivity index (χ4v) is 5.97. The van der Waals surface area contributed by atoms with E-state index >= 15 is 0 Å². The normalized spacial score (nSPS) is 22.9. The highest BCUT2D eigenvalue weighted by molar-refractivity contribution is 6.20. The number of nitrogens with two attached hydrogens (primary N) is 1. The average Bonchev–Trinajstić information content (AvgIpc) is 3.02. The molecule has 184 valence electrons. The molecule has 0 saturated carbocycles. The van der Waals surface area contributed by atoms with Crippen LogP contribution in [0, 0.1) is 22.6 Å². The Morgan fingerprint density at radius 3 is 2.50 bits per heavy atom. The van der Waals surface area contributed by atoms with Crippen molar-refractivity contribution in [2.24, 2.45) is 11.1 Å². The van der Waals surface area contributed by atoms with Crippen molar-refractivity contribution in [2.75, 3.05) is 19.0 Å². The van der Waals surface area contributed by atoms with Crippen molar-refractivity contribution in [1.29, 1.82) is 5.26 Å². The molecule has 3 aliphatic rings. The van der Waals surface area contributed by atoms with E-state index < -0.39 is 17.1 Å². The Kier molecular flexibility index (Phi) is 5.31. The maximum absolute atomic E-state index is 14.6. The molecule has 2 aromatic rings. The van der Waals surface area contributed by atoms with E-state index in [1.165, 1.54) is 17.0 Å².